The zero-order valence-corrected chi connectivity index (χ0v) is 19.4. The van der Waals surface area contributed by atoms with E-state index in [9.17, 15) is 4.79 Å². The molecule has 0 saturated carbocycles. The van der Waals surface area contributed by atoms with Crippen LogP contribution < -0.4 is 24.1 Å². The highest BCUT2D eigenvalue weighted by atomic mass is 16.6. The Hall–Kier alpha value is -4.20. The lowest BCUT2D eigenvalue weighted by Gasteiger charge is -2.22. The van der Waals surface area contributed by atoms with Crippen LogP contribution in [0.3, 0.4) is 0 Å². The number of carbonyl (C=O) groups is 1. The second kappa shape index (κ2) is 8.97. The van der Waals surface area contributed by atoms with Crippen molar-refractivity contribution in [2.75, 3.05) is 37.1 Å². The highest BCUT2D eigenvalue weighted by Gasteiger charge is 2.30. The van der Waals surface area contributed by atoms with Gasteiger partial charge in [-0.1, -0.05) is 12.1 Å². The molecule has 5 rings (SSSR count). The van der Waals surface area contributed by atoms with Gasteiger partial charge in [0.15, 0.2) is 5.82 Å². The number of nitrogens with zero attached hydrogens (tertiary/aromatic N) is 5. The van der Waals surface area contributed by atoms with E-state index in [0.29, 0.717) is 31.0 Å². The number of aromatic nitrogens is 3. The van der Waals surface area contributed by atoms with Crippen LogP contribution in [0, 0.1) is 0 Å². The Kier molecular flexibility index (Phi) is 5.71. The number of benzene rings is 1. The predicted molar refractivity (Wildman–Crippen MR) is 130 cm³/mol. The molecule has 0 N–H and O–H groups in total. The van der Waals surface area contributed by atoms with Crippen LogP contribution in [-0.2, 0) is 6.42 Å². The van der Waals surface area contributed by atoms with E-state index in [1.807, 2.05) is 72.7 Å². The molecule has 0 aliphatic carbocycles. The van der Waals surface area contributed by atoms with E-state index in [1.54, 1.807) is 30.0 Å². The molecule has 172 valence electrons. The fourth-order valence-corrected chi connectivity index (χ4v) is 4.30. The van der Waals surface area contributed by atoms with Crippen LogP contribution in [0.15, 0.2) is 67.1 Å². The number of ether oxygens (including phenoxy) is 1. The predicted octanol–water partition coefficient (Wildman–Crippen LogP) is 3.35. The highest BCUT2D eigenvalue weighted by molar-refractivity contribution is 6.12. The molecular formula is C26H26N5O3+. The molecule has 0 spiro atoms. The number of rotatable bonds is 6. The van der Waals surface area contributed by atoms with Crippen molar-refractivity contribution in [1.82, 2.24) is 9.97 Å². The summed E-state index contributed by atoms with van der Waals surface area (Å²) in [6.45, 7) is 3.12. The quantitative estimate of drug-likeness (QED) is 0.415. The number of hydrogen-bond donors (Lipinski definition) is 0. The summed E-state index contributed by atoms with van der Waals surface area (Å²) in [5.41, 5.74) is 3.19. The Morgan fingerprint density at radius 2 is 1.91 bits per heavy atom. The second-order valence-corrected chi connectivity index (χ2v) is 7.97. The van der Waals surface area contributed by atoms with E-state index in [-0.39, 0.29) is 5.91 Å². The maximum Gasteiger partial charge on any atom is 0.268 e. The molecule has 0 fully saturated rings. The third-order valence-corrected chi connectivity index (χ3v) is 6.03. The average molecular weight is 457 g/mol. The summed E-state index contributed by atoms with van der Waals surface area (Å²) in [7, 11) is 3.40. The van der Waals surface area contributed by atoms with Crippen LogP contribution in [0.1, 0.15) is 22.8 Å². The molecule has 1 aliphatic rings. The Morgan fingerprint density at radius 3 is 2.74 bits per heavy atom. The molecule has 1 amide bonds. The first-order valence-corrected chi connectivity index (χ1v) is 11.2. The Bertz CT molecular complexity index is 1370. The molecule has 0 bridgehead atoms. The summed E-state index contributed by atoms with van der Waals surface area (Å²) in [6, 6.07) is 15.5. The summed E-state index contributed by atoms with van der Waals surface area (Å²) in [5, 5.41) is 0.965. The fraction of sp³-hybridized carbons (Fsp3) is 0.231. The maximum atomic E-state index is 13.3. The van der Waals surface area contributed by atoms with Crippen molar-refractivity contribution >= 4 is 34.1 Å². The van der Waals surface area contributed by atoms with Gasteiger partial charge in [-0.05, 0) is 36.8 Å². The molecule has 1 aromatic carbocycles. The van der Waals surface area contributed by atoms with Gasteiger partial charge in [0, 0.05) is 49.3 Å². The first-order valence-electron chi connectivity index (χ1n) is 11.2. The molecule has 0 saturated heterocycles. The van der Waals surface area contributed by atoms with E-state index in [0.717, 1.165) is 33.7 Å². The van der Waals surface area contributed by atoms with Crippen molar-refractivity contribution in [2.24, 2.45) is 0 Å². The molecule has 34 heavy (non-hydrogen) atoms. The van der Waals surface area contributed by atoms with Gasteiger partial charge in [-0.15, -0.1) is 0 Å². The van der Waals surface area contributed by atoms with Gasteiger partial charge in [-0.2, -0.15) is 0 Å². The molecule has 0 unspecified atom stereocenters. The van der Waals surface area contributed by atoms with Gasteiger partial charge in [0.05, 0.1) is 23.2 Å². The Balaban J connectivity index is 1.40. The zero-order valence-electron chi connectivity index (χ0n) is 19.4. The van der Waals surface area contributed by atoms with Crippen LogP contribution >= 0.6 is 0 Å². The number of amides is 1. The minimum Gasteiger partial charge on any atom is -0.492 e. The zero-order chi connectivity index (χ0) is 23.7. The third kappa shape index (κ3) is 3.67. The number of pyridine rings is 3. The van der Waals surface area contributed by atoms with Gasteiger partial charge in [0.2, 0.25) is 6.20 Å². The lowest BCUT2D eigenvalue weighted by atomic mass is 10.1. The molecule has 0 radical (unpaired) electrons. The molecule has 4 aromatic rings. The van der Waals surface area contributed by atoms with Crippen molar-refractivity contribution in [1.29, 1.82) is 0 Å². The van der Waals surface area contributed by atoms with Crippen molar-refractivity contribution in [2.45, 2.75) is 13.3 Å². The number of carbonyl (C=O) groups excluding carboxylic acids is 1. The number of hydrogen-bond acceptors (Lipinski definition) is 6. The minimum absolute atomic E-state index is 0.103. The summed E-state index contributed by atoms with van der Waals surface area (Å²) in [4.78, 5) is 31.5. The fourth-order valence-electron chi connectivity index (χ4n) is 4.30. The smallest absolute Gasteiger partial charge is 0.268 e. The molecular weight excluding hydrogens is 430 g/mol. The van der Waals surface area contributed by atoms with Gasteiger partial charge < -0.3 is 14.5 Å². The van der Waals surface area contributed by atoms with Crippen molar-refractivity contribution in [3.05, 3.63) is 78.2 Å². The van der Waals surface area contributed by atoms with E-state index in [4.69, 9.17) is 9.57 Å². The maximum absolute atomic E-state index is 13.3. The van der Waals surface area contributed by atoms with Gasteiger partial charge in [0.25, 0.3) is 11.4 Å². The summed E-state index contributed by atoms with van der Waals surface area (Å²) >= 11 is 0. The van der Waals surface area contributed by atoms with E-state index in [2.05, 4.69) is 9.97 Å². The Labute approximate surface area is 198 Å². The number of para-hydroxylation sites is 1. The first-order chi connectivity index (χ1) is 16.6. The minimum atomic E-state index is -0.103. The second-order valence-electron chi connectivity index (χ2n) is 7.97. The van der Waals surface area contributed by atoms with Crippen LogP contribution in [-0.4, -0.2) is 43.2 Å². The van der Waals surface area contributed by atoms with E-state index < -0.39 is 0 Å². The van der Waals surface area contributed by atoms with Crippen molar-refractivity contribution in [3.8, 4) is 5.75 Å². The average Bonchev–Trinajstić information content (AvgIpc) is 2.97. The molecule has 1 aliphatic heterocycles. The van der Waals surface area contributed by atoms with Gasteiger partial charge in [-0.3, -0.25) is 9.63 Å². The highest BCUT2D eigenvalue weighted by Crippen LogP contribution is 2.37. The SMILES string of the molecule is CCN1c2ncc(CCOc3cc[n+](OC)c4ccccc34)cc2C(=O)N(C)c2cccnc21. The van der Waals surface area contributed by atoms with Crippen LogP contribution in [0.5, 0.6) is 5.75 Å². The summed E-state index contributed by atoms with van der Waals surface area (Å²) in [6.07, 6.45) is 6.00. The Morgan fingerprint density at radius 1 is 1.06 bits per heavy atom. The van der Waals surface area contributed by atoms with Gasteiger partial charge >= 0.3 is 0 Å². The van der Waals surface area contributed by atoms with Gasteiger partial charge in [0.1, 0.15) is 18.7 Å². The molecule has 8 nitrogen and oxygen atoms in total. The molecule has 4 heterocycles. The van der Waals surface area contributed by atoms with Crippen LogP contribution in [0.25, 0.3) is 10.9 Å². The van der Waals surface area contributed by atoms with Gasteiger partial charge in [-0.25, -0.2) is 9.97 Å². The summed E-state index contributed by atoms with van der Waals surface area (Å²) in [5.74, 6) is 2.03. The normalized spacial score (nSPS) is 12.9. The third-order valence-electron chi connectivity index (χ3n) is 6.03. The van der Waals surface area contributed by atoms with E-state index in [1.165, 1.54) is 0 Å². The van der Waals surface area contributed by atoms with Crippen molar-refractivity contribution in [3.63, 3.8) is 0 Å². The lowest BCUT2D eigenvalue weighted by Crippen LogP contribution is -2.40. The number of fused-ring (bicyclic) bond motifs is 3. The van der Waals surface area contributed by atoms with Crippen molar-refractivity contribution < 1.29 is 19.1 Å². The number of anilines is 3. The standard InChI is InChI=1S/C26H26N5O3/c1-4-30-24-20(26(32)29(2)22-10-7-13-27-25(22)30)16-18(17-28-24)12-15-34-23-11-14-31(33-3)21-9-6-5-8-19(21)23/h5-11,13-14,16-17H,4,12,15H2,1-3H3/q+1. The van der Waals surface area contributed by atoms with Crippen LogP contribution in [0.2, 0.25) is 0 Å². The monoisotopic (exact) mass is 456 g/mol. The topological polar surface area (TPSA) is 71.7 Å². The lowest BCUT2D eigenvalue weighted by molar-refractivity contribution is -0.865. The van der Waals surface area contributed by atoms with Crippen LogP contribution in [0.4, 0.5) is 17.3 Å². The molecule has 8 heteroatoms. The summed E-state index contributed by atoms with van der Waals surface area (Å²) < 4.78 is 7.82. The largest absolute Gasteiger partial charge is 0.492 e. The first kappa shape index (κ1) is 21.6. The van der Waals surface area contributed by atoms with E-state index >= 15 is 0 Å². The molecule has 0 atom stereocenters. The molecule has 3 aromatic heterocycles.